The summed E-state index contributed by atoms with van der Waals surface area (Å²) < 4.78 is 2.34. The number of hydrogen-bond donors (Lipinski definition) is 0. The Morgan fingerprint density at radius 1 is 1.14 bits per heavy atom. The van der Waals surface area contributed by atoms with Gasteiger partial charge >= 0.3 is 0 Å². The highest BCUT2D eigenvalue weighted by Crippen LogP contribution is 2.25. The highest BCUT2D eigenvalue weighted by atomic mass is 32.1. The van der Waals surface area contributed by atoms with Crippen LogP contribution in [0, 0.1) is 6.92 Å². The van der Waals surface area contributed by atoms with Crippen LogP contribution in [-0.4, -0.2) is 26.0 Å². The second-order valence-electron chi connectivity index (χ2n) is 5.67. The van der Waals surface area contributed by atoms with Crippen LogP contribution in [0.2, 0.25) is 0 Å². The van der Waals surface area contributed by atoms with Crippen molar-refractivity contribution in [1.29, 1.82) is 0 Å². The maximum atomic E-state index is 4.63. The fourth-order valence-corrected chi connectivity index (χ4v) is 3.92. The Morgan fingerprint density at radius 3 is 2.77 bits per heavy atom. The quantitative estimate of drug-likeness (QED) is 0.744. The van der Waals surface area contributed by atoms with Crippen LogP contribution < -0.4 is 0 Å². The molecule has 3 aromatic rings. The third-order valence-electron chi connectivity index (χ3n) is 4.09. The lowest BCUT2D eigenvalue weighted by molar-refractivity contribution is 0.211. The molecular formula is C17H18N4S. The normalized spacial score (nSPS) is 15.0. The molecule has 0 spiro atoms. The van der Waals surface area contributed by atoms with Crippen LogP contribution in [0.4, 0.5) is 0 Å². The molecule has 0 saturated heterocycles. The van der Waals surface area contributed by atoms with E-state index in [1.807, 2.05) is 42.1 Å². The first kappa shape index (κ1) is 13.7. The molecule has 0 N–H and O–H groups in total. The summed E-state index contributed by atoms with van der Waals surface area (Å²) in [6.07, 6.45) is 5.66. The molecule has 3 aromatic heterocycles. The Kier molecular flexibility index (Phi) is 3.52. The predicted octanol–water partition coefficient (Wildman–Crippen LogP) is 3.33. The first-order valence-corrected chi connectivity index (χ1v) is 8.34. The van der Waals surface area contributed by atoms with E-state index in [1.165, 1.54) is 21.0 Å². The number of thiophene rings is 1. The lowest BCUT2D eigenvalue weighted by Crippen LogP contribution is -2.33. The molecule has 0 aliphatic carbocycles. The third-order valence-corrected chi connectivity index (χ3v) is 5.08. The van der Waals surface area contributed by atoms with Crippen molar-refractivity contribution in [3.05, 3.63) is 58.4 Å². The maximum Gasteiger partial charge on any atom is 0.123 e. The van der Waals surface area contributed by atoms with Crippen LogP contribution >= 0.6 is 11.3 Å². The Hall–Kier alpha value is -1.98. The monoisotopic (exact) mass is 310 g/mol. The van der Waals surface area contributed by atoms with Crippen LogP contribution in [0.5, 0.6) is 0 Å². The van der Waals surface area contributed by atoms with Crippen molar-refractivity contribution in [2.75, 3.05) is 6.54 Å². The highest BCUT2D eigenvalue weighted by Gasteiger charge is 2.20. The van der Waals surface area contributed by atoms with Gasteiger partial charge in [0, 0.05) is 47.3 Å². The van der Waals surface area contributed by atoms with Crippen LogP contribution in [0.3, 0.4) is 0 Å². The van der Waals surface area contributed by atoms with Crippen LogP contribution in [0.1, 0.15) is 15.6 Å². The number of aryl methyl sites for hydroxylation is 1. The molecule has 0 fully saturated rings. The topological polar surface area (TPSA) is 34.0 Å². The molecule has 4 heterocycles. The number of imidazole rings is 1. The summed E-state index contributed by atoms with van der Waals surface area (Å²) in [4.78, 5) is 14.0. The molecule has 22 heavy (non-hydrogen) atoms. The zero-order valence-electron chi connectivity index (χ0n) is 12.6. The summed E-state index contributed by atoms with van der Waals surface area (Å²) in [5.41, 5.74) is 2.39. The van der Waals surface area contributed by atoms with Gasteiger partial charge in [-0.1, -0.05) is 0 Å². The van der Waals surface area contributed by atoms with Crippen LogP contribution in [0.15, 0.2) is 42.9 Å². The lowest BCUT2D eigenvalue weighted by Gasteiger charge is -2.28. The number of hydrogen-bond acceptors (Lipinski definition) is 4. The number of rotatable bonds is 3. The van der Waals surface area contributed by atoms with Crippen molar-refractivity contribution >= 4 is 11.3 Å². The zero-order valence-corrected chi connectivity index (χ0v) is 13.4. The number of pyridine rings is 1. The summed E-state index contributed by atoms with van der Waals surface area (Å²) in [6, 6.07) is 8.53. The average Bonchev–Trinajstić information content (AvgIpc) is 3.14. The SMILES string of the molecule is Cc1ccc(CN2CCn3c(-c4ccncc4)cnc3C2)s1. The Balaban J connectivity index is 1.54. The van der Waals surface area contributed by atoms with Crippen LogP contribution in [-0.2, 0) is 19.6 Å². The number of nitrogens with zero attached hydrogens (tertiary/aromatic N) is 4. The van der Waals surface area contributed by atoms with Gasteiger partial charge in [0.05, 0.1) is 18.4 Å². The Bertz CT molecular complexity index is 775. The zero-order chi connectivity index (χ0) is 14.9. The third kappa shape index (κ3) is 2.58. The maximum absolute atomic E-state index is 4.63. The van der Waals surface area contributed by atoms with Crippen molar-refractivity contribution in [3.63, 3.8) is 0 Å². The van der Waals surface area contributed by atoms with Gasteiger partial charge in [0.15, 0.2) is 0 Å². The summed E-state index contributed by atoms with van der Waals surface area (Å²) in [7, 11) is 0. The smallest absolute Gasteiger partial charge is 0.123 e. The van der Waals surface area contributed by atoms with E-state index in [-0.39, 0.29) is 0 Å². The lowest BCUT2D eigenvalue weighted by atomic mass is 10.2. The van der Waals surface area contributed by atoms with E-state index < -0.39 is 0 Å². The van der Waals surface area contributed by atoms with Crippen LogP contribution in [0.25, 0.3) is 11.3 Å². The van der Waals surface area contributed by atoms with Crippen molar-refractivity contribution < 1.29 is 0 Å². The summed E-state index contributed by atoms with van der Waals surface area (Å²) in [5.74, 6) is 1.16. The predicted molar refractivity (Wildman–Crippen MR) is 88.6 cm³/mol. The second kappa shape index (κ2) is 5.66. The van der Waals surface area contributed by atoms with Crippen molar-refractivity contribution in [2.24, 2.45) is 0 Å². The van der Waals surface area contributed by atoms with Gasteiger partial charge in [0.1, 0.15) is 5.82 Å². The first-order valence-electron chi connectivity index (χ1n) is 7.52. The molecular weight excluding hydrogens is 292 g/mol. The second-order valence-corrected chi connectivity index (χ2v) is 7.04. The molecule has 0 bridgehead atoms. The standard InChI is InChI=1S/C17H18N4S/c1-13-2-3-15(22-13)11-20-8-9-21-16(10-19-17(21)12-20)14-4-6-18-7-5-14/h2-7,10H,8-9,11-12H2,1H3. The van der Waals surface area contributed by atoms with E-state index in [9.17, 15) is 0 Å². The largest absolute Gasteiger partial charge is 0.326 e. The first-order chi connectivity index (χ1) is 10.8. The Morgan fingerprint density at radius 2 is 2.00 bits per heavy atom. The average molecular weight is 310 g/mol. The van der Waals surface area contributed by atoms with E-state index >= 15 is 0 Å². The Labute approximate surface area is 134 Å². The van der Waals surface area contributed by atoms with E-state index in [4.69, 9.17) is 0 Å². The minimum Gasteiger partial charge on any atom is -0.326 e. The van der Waals surface area contributed by atoms with Crippen molar-refractivity contribution in [1.82, 2.24) is 19.4 Å². The van der Waals surface area contributed by atoms with E-state index in [0.717, 1.165) is 32.0 Å². The fourth-order valence-electron chi connectivity index (χ4n) is 2.99. The molecule has 1 aliphatic heterocycles. The molecule has 112 valence electrons. The van der Waals surface area contributed by atoms with Gasteiger partial charge in [-0.15, -0.1) is 11.3 Å². The molecule has 0 amide bonds. The molecule has 4 rings (SSSR count). The fraction of sp³-hybridized carbons (Fsp3) is 0.294. The molecule has 0 saturated carbocycles. The molecule has 0 atom stereocenters. The van der Waals surface area contributed by atoms with Gasteiger partial charge in [-0.2, -0.15) is 0 Å². The number of fused-ring (bicyclic) bond motifs is 1. The molecule has 4 nitrogen and oxygen atoms in total. The summed E-state index contributed by atoms with van der Waals surface area (Å²) in [6.45, 7) is 6.17. The van der Waals surface area contributed by atoms with Gasteiger partial charge in [-0.3, -0.25) is 9.88 Å². The molecule has 0 radical (unpaired) electrons. The summed E-state index contributed by atoms with van der Waals surface area (Å²) in [5, 5.41) is 0. The van der Waals surface area contributed by atoms with E-state index in [1.54, 1.807) is 0 Å². The van der Waals surface area contributed by atoms with E-state index in [2.05, 4.69) is 38.5 Å². The number of aromatic nitrogens is 3. The molecule has 1 aliphatic rings. The minimum atomic E-state index is 0.919. The van der Waals surface area contributed by atoms with Gasteiger partial charge in [0.2, 0.25) is 0 Å². The minimum absolute atomic E-state index is 0.919. The van der Waals surface area contributed by atoms with Gasteiger partial charge in [-0.25, -0.2) is 4.98 Å². The molecule has 0 aromatic carbocycles. The van der Waals surface area contributed by atoms with Crippen molar-refractivity contribution in [3.8, 4) is 11.3 Å². The molecule has 0 unspecified atom stereocenters. The van der Waals surface area contributed by atoms with Crippen molar-refractivity contribution in [2.45, 2.75) is 26.6 Å². The van der Waals surface area contributed by atoms with Gasteiger partial charge in [0.25, 0.3) is 0 Å². The highest BCUT2D eigenvalue weighted by molar-refractivity contribution is 7.11. The van der Waals surface area contributed by atoms with Gasteiger partial charge < -0.3 is 4.57 Å². The molecule has 5 heteroatoms. The van der Waals surface area contributed by atoms with E-state index in [0.29, 0.717) is 0 Å². The summed E-state index contributed by atoms with van der Waals surface area (Å²) >= 11 is 1.89. The van der Waals surface area contributed by atoms with Gasteiger partial charge in [-0.05, 0) is 31.2 Å².